The fraction of sp³-hybridized carbons (Fsp3) is 0.389. The fourth-order valence-corrected chi connectivity index (χ4v) is 3.46. The Kier molecular flexibility index (Phi) is 5.33. The zero-order chi connectivity index (χ0) is 17.1. The molecule has 0 N–H and O–H groups in total. The smallest absolute Gasteiger partial charge is 0.317 e. The van der Waals surface area contributed by atoms with Gasteiger partial charge in [-0.1, -0.05) is 6.07 Å². The molecule has 1 atom stereocenters. The van der Waals surface area contributed by atoms with Crippen LogP contribution in [-0.4, -0.2) is 40.0 Å². The van der Waals surface area contributed by atoms with Gasteiger partial charge in [-0.3, -0.25) is 4.79 Å². The van der Waals surface area contributed by atoms with Gasteiger partial charge in [-0.2, -0.15) is 0 Å². The molecule has 5 nitrogen and oxygen atoms in total. The van der Waals surface area contributed by atoms with Gasteiger partial charge < -0.3 is 9.64 Å². The van der Waals surface area contributed by atoms with Crippen LogP contribution in [0.25, 0.3) is 0 Å². The van der Waals surface area contributed by atoms with Crippen LogP contribution in [0.3, 0.4) is 0 Å². The molecular formula is C18H20IN3O2. The summed E-state index contributed by atoms with van der Waals surface area (Å²) in [5.41, 5.74) is 2.51. The van der Waals surface area contributed by atoms with E-state index in [4.69, 9.17) is 4.74 Å². The van der Waals surface area contributed by atoms with E-state index in [9.17, 15) is 4.79 Å². The molecule has 0 spiro atoms. The van der Waals surface area contributed by atoms with E-state index in [2.05, 4.69) is 32.6 Å². The first kappa shape index (κ1) is 17.1. The molecule has 1 aliphatic heterocycles. The van der Waals surface area contributed by atoms with Crippen LogP contribution in [0.1, 0.15) is 34.6 Å². The second-order valence-corrected chi connectivity index (χ2v) is 7.32. The van der Waals surface area contributed by atoms with Crippen molar-refractivity contribution < 1.29 is 9.53 Å². The molecule has 1 unspecified atom stereocenters. The van der Waals surface area contributed by atoms with E-state index < -0.39 is 0 Å². The van der Waals surface area contributed by atoms with Crippen LogP contribution in [0, 0.1) is 17.4 Å². The highest BCUT2D eigenvalue weighted by Gasteiger charge is 2.26. The van der Waals surface area contributed by atoms with Gasteiger partial charge in [-0.05, 0) is 73.5 Å². The Morgan fingerprint density at radius 2 is 2.00 bits per heavy atom. The van der Waals surface area contributed by atoms with Crippen LogP contribution >= 0.6 is 22.6 Å². The molecule has 1 fully saturated rings. The minimum absolute atomic E-state index is 0.0585. The third-order valence-corrected chi connectivity index (χ3v) is 4.64. The zero-order valence-electron chi connectivity index (χ0n) is 13.8. The maximum atomic E-state index is 12.7. The van der Waals surface area contributed by atoms with Crippen molar-refractivity contribution in [3.05, 3.63) is 50.9 Å². The summed E-state index contributed by atoms with van der Waals surface area (Å²) >= 11 is 2.22. The number of ether oxygens (including phenoxy) is 1. The largest absolute Gasteiger partial charge is 0.458 e. The maximum absolute atomic E-state index is 12.7. The Balaban J connectivity index is 1.69. The summed E-state index contributed by atoms with van der Waals surface area (Å²) < 4.78 is 7.00. The Hall–Kier alpha value is -1.70. The second kappa shape index (κ2) is 7.46. The molecule has 1 saturated heterocycles. The van der Waals surface area contributed by atoms with Gasteiger partial charge in [0.15, 0.2) is 0 Å². The molecule has 126 valence electrons. The number of piperidine rings is 1. The van der Waals surface area contributed by atoms with Crippen molar-refractivity contribution in [3.63, 3.8) is 0 Å². The lowest BCUT2D eigenvalue weighted by atomic mass is 10.1. The van der Waals surface area contributed by atoms with Gasteiger partial charge in [0.1, 0.15) is 6.10 Å². The van der Waals surface area contributed by atoms with Gasteiger partial charge >= 0.3 is 6.01 Å². The summed E-state index contributed by atoms with van der Waals surface area (Å²) in [7, 11) is 0. The van der Waals surface area contributed by atoms with E-state index in [-0.39, 0.29) is 12.0 Å². The molecule has 1 aliphatic rings. The normalized spacial score (nSPS) is 17.6. The number of likely N-dealkylation sites (tertiary alicyclic amines) is 1. The lowest BCUT2D eigenvalue weighted by molar-refractivity contribution is 0.0515. The highest BCUT2D eigenvalue weighted by molar-refractivity contribution is 14.1. The molecule has 0 saturated carbocycles. The molecule has 3 rings (SSSR count). The third-order valence-electron chi connectivity index (χ3n) is 3.97. The van der Waals surface area contributed by atoms with E-state index in [0.29, 0.717) is 12.6 Å². The molecule has 2 aromatic rings. The highest BCUT2D eigenvalue weighted by Crippen LogP contribution is 2.19. The average molecular weight is 437 g/mol. The molecule has 24 heavy (non-hydrogen) atoms. The summed E-state index contributed by atoms with van der Waals surface area (Å²) in [6.07, 6.45) is 1.77. The molecule has 1 aromatic heterocycles. The van der Waals surface area contributed by atoms with Gasteiger partial charge in [-0.15, -0.1) is 0 Å². The molecule has 0 aliphatic carbocycles. The van der Waals surface area contributed by atoms with Crippen molar-refractivity contribution in [2.75, 3.05) is 13.1 Å². The zero-order valence-corrected chi connectivity index (χ0v) is 16.0. The fourth-order valence-electron chi connectivity index (χ4n) is 2.92. The summed E-state index contributed by atoms with van der Waals surface area (Å²) in [6.45, 7) is 5.18. The molecular weight excluding hydrogens is 417 g/mol. The molecule has 0 bridgehead atoms. The van der Waals surface area contributed by atoms with Crippen molar-refractivity contribution in [1.82, 2.24) is 14.9 Å². The van der Waals surface area contributed by atoms with Gasteiger partial charge in [0.05, 0.1) is 6.54 Å². The van der Waals surface area contributed by atoms with Crippen molar-refractivity contribution in [2.45, 2.75) is 32.8 Å². The van der Waals surface area contributed by atoms with Gasteiger partial charge in [0.25, 0.3) is 5.91 Å². The van der Waals surface area contributed by atoms with E-state index >= 15 is 0 Å². The number of aromatic nitrogens is 2. The summed E-state index contributed by atoms with van der Waals surface area (Å²) in [4.78, 5) is 23.2. The SMILES string of the molecule is Cc1cc(C)nc(OC2CCCN(C(=O)c3cccc(I)c3)C2)n1. The van der Waals surface area contributed by atoms with Crippen molar-refractivity contribution in [3.8, 4) is 6.01 Å². The molecule has 1 amide bonds. The van der Waals surface area contributed by atoms with Crippen molar-refractivity contribution in [2.24, 2.45) is 0 Å². The van der Waals surface area contributed by atoms with Crippen molar-refractivity contribution >= 4 is 28.5 Å². The number of carbonyl (C=O) groups excluding carboxylic acids is 1. The number of hydrogen-bond donors (Lipinski definition) is 0. The Bertz CT molecular complexity index is 731. The van der Waals surface area contributed by atoms with Crippen LogP contribution in [-0.2, 0) is 0 Å². The van der Waals surface area contributed by atoms with Crippen molar-refractivity contribution in [1.29, 1.82) is 0 Å². The van der Waals surface area contributed by atoms with Gasteiger partial charge in [0.2, 0.25) is 0 Å². The first-order chi connectivity index (χ1) is 11.5. The summed E-state index contributed by atoms with van der Waals surface area (Å²) in [5, 5.41) is 0. The minimum Gasteiger partial charge on any atom is -0.458 e. The number of halogens is 1. The predicted octanol–water partition coefficient (Wildman–Crippen LogP) is 3.38. The first-order valence-corrected chi connectivity index (χ1v) is 9.13. The van der Waals surface area contributed by atoms with Crippen LogP contribution in [0.15, 0.2) is 30.3 Å². The minimum atomic E-state index is -0.0633. The Labute approximate surface area is 155 Å². The van der Waals surface area contributed by atoms with Gasteiger partial charge in [0, 0.05) is 27.1 Å². The molecule has 1 aromatic carbocycles. The van der Waals surface area contributed by atoms with Crippen LogP contribution < -0.4 is 4.74 Å². The summed E-state index contributed by atoms with van der Waals surface area (Å²) in [6, 6.07) is 10.00. The van der Waals surface area contributed by atoms with Crippen LogP contribution in [0.4, 0.5) is 0 Å². The number of carbonyl (C=O) groups is 1. The van der Waals surface area contributed by atoms with Crippen LogP contribution in [0.5, 0.6) is 6.01 Å². The number of aryl methyl sites for hydroxylation is 2. The molecule has 6 heteroatoms. The number of nitrogens with zero attached hydrogens (tertiary/aromatic N) is 3. The van der Waals surface area contributed by atoms with Gasteiger partial charge in [-0.25, -0.2) is 9.97 Å². The number of benzene rings is 1. The monoisotopic (exact) mass is 437 g/mol. The maximum Gasteiger partial charge on any atom is 0.317 e. The molecule has 0 radical (unpaired) electrons. The highest BCUT2D eigenvalue weighted by atomic mass is 127. The second-order valence-electron chi connectivity index (χ2n) is 6.08. The Morgan fingerprint density at radius 3 is 2.71 bits per heavy atom. The predicted molar refractivity (Wildman–Crippen MR) is 100 cm³/mol. The van der Waals surface area contributed by atoms with Crippen LogP contribution in [0.2, 0.25) is 0 Å². The topological polar surface area (TPSA) is 55.3 Å². The number of amides is 1. The number of rotatable bonds is 3. The average Bonchev–Trinajstić information content (AvgIpc) is 2.53. The Morgan fingerprint density at radius 1 is 1.25 bits per heavy atom. The third kappa shape index (κ3) is 4.23. The van der Waals surface area contributed by atoms with E-state index in [1.807, 2.05) is 49.1 Å². The standard InChI is InChI=1S/C18H20IN3O2/c1-12-9-13(2)21-18(20-12)24-16-7-4-8-22(11-16)17(23)14-5-3-6-15(19)10-14/h3,5-6,9-10,16H,4,7-8,11H2,1-2H3. The lowest BCUT2D eigenvalue weighted by Crippen LogP contribution is -2.44. The van der Waals surface area contributed by atoms with E-state index in [1.165, 1.54) is 0 Å². The number of hydrogen-bond acceptors (Lipinski definition) is 4. The van der Waals surface area contributed by atoms with E-state index in [1.54, 1.807) is 0 Å². The quantitative estimate of drug-likeness (QED) is 0.692. The van der Waals surface area contributed by atoms with E-state index in [0.717, 1.165) is 39.9 Å². The molecule has 2 heterocycles. The lowest BCUT2D eigenvalue weighted by Gasteiger charge is -2.32. The summed E-state index contributed by atoms with van der Waals surface area (Å²) in [5.74, 6) is 0.0585. The first-order valence-electron chi connectivity index (χ1n) is 8.05.